The second kappa shape index (κ2) is 6.55. The van der Waals surface area contributed by atoms with Crippen LogP contribution in [0, 0.1) is 29.1 Å². The fraction of sp³-hybridized carbons (Fsp3) is 0.455. The summed E-state index contributed by atoms with van der Waals surface area (Å²) in [6.07, 6.45) is 0. The Morgan fingerprint density at radius 1 is 0.818 bits per heavy atom. The van der Waals surface area contributed by atoms with Gasteiger partial charge >= 0.3 is 13.3 Å². The van der Waals surface area contributed by atoms with Crippen molar-refractivity contribution >= 4 is 7.60 Å². The smallest absolute Gasteiger partial charge is 0.304 e. The summed E-state index contributed by atoms with van der Waals surface area (Å²) < 4.78 is 115. The van der Waals surface area contributed by atoms with Crippen molar-refractivity contribution < 1.29 is 44.3 Å². The molecule has 126 valence electrons. The zero-order valence-corrected chi connectivity index (χ0v) is 12.1. The van der Waals surface area contributed by atoms with Gasteiger partial charge in [-0.2, -0.15) is 8.78 Å². The molecule has 0 unspecified atom stereocenters. The third kappa shape index (κ3) is 2.87. The fourth-order valence-electron chi connectivity index (χ4n) is 1.55. The molecule has 0 N–H and O–H groups in total. The summed E-state index contributed by atoms with van der Waals surface area (Å²) in [5, 5.41) is 0. The molecule has 0 aliphatic heterocycles. The quantitative estimate of drug-likeness (QED) is 0.322. The average molecular weight is 354 g/mol. The van der Waals surface area contributed by atoms with E-state index in [2.05, 4.69) is 9.05 Å². The van der Waals surface area contributed by atoms with Crippen LogP contribution < -0.4 is 0 Å². The predicted octanol–water partition coefficient (Wildman–Crippen LogP) is 4.70. The molecule has 0 amide bonds. The minimum Gasteiger partial charge on any atom is -0.304 e. The van der Waals surface area contributed by atoms with E-state index in [0.717, 1.165) is 13.8 Å². The molecule has 1 rings (SSSR count). The Morgan fingerprint density at radius 3 is 1.45 bits per heavy atom. The molecule has 0 fully saturated rings. The summed E-state index contributed by atoms with van der Waals surface area (Å²) in [6.45, 7) is 1.03. The molecule has 11 heteroatoms. The summed E-state index contributed by atoms with van der Waals surface area (Å²) in [5.41, 5.74) is -7.64. The average Bonchev–Trinajstić information content (AvgIpc) is 2.43. The lowest BCUT2D eigenvalue weighted by Crippen LogP contribution is -2.24. The molecule has 0 bridgehead atoms. The van der Waals surface area contributed by atoms with Crippen LogP contribution in [-0.2, 0) is 19.3 Å². The molecular formula is C11H10F7O3P. The molecular weight excluding hydrogens is 344 g/mol. The first-order valence-corrected chi connectivity index (χ1v) is 7.38. The van der Waals surface area contributed by atoms with Crippen molar-refractivity contribution in [3.05, 3.63) is 34.6 Å². The second-order valence-corrected chi connectivity index (χ2v) is 5.89. The van der Waals surface area contributed by atoms with Gasteiger partial charge in [-0.05, 0) is 13.8 Å². The van der Waals surface area contributed by atoms with Crippen LogP contribution in [0.4, 0.5) is 30.7 Å². The topological polar surface area (TPSA) is 35.5 Å². The van der Waals surface area contributed by atoms with Crippen LogP contribution in [0.15, 0.2) is 0 Å². The van der Waals surface area contributed by atoms with Gasteiger partial charge in [-0.3, -0.25) is 4.57 Å². The van der Waals surface area contributed by atoms with E-state index < -0.39 is 61.1 Å². The molecule has 1 aromatic rings. The first-order valence-electron chi connectivity index (χ1n) is 5.84. The third-order valence-corrected chi connectivity index (χ3v) is 4.56. The molecule has 0 aliphatic carbocycles. The Hall–Kier alpha value is -1.12. The van der Waals surface area contributed by atoms with Gasteiger partial charge in [0.1, 0.15) is 5.56 Å². The molecule has 22 heavy (non-hydrogen) atoms. The number of halogens is 7. The van der Waals surface area contributed by atoms with Crippen LogP contribution in [0.1, 0.15) is 19.4 Å². The maximum absolute atomic E-state index is 14.1. The summed E-state index contributed by atoms with van der Waals surface area (Å²) in [4.78, 5) is 0. The Bertz CT molecular complexity index is 581. The monoisotopic (exact) mass is 354 g/mol. The first kappa shape index (κ1) is 18.9. The largest absolute Gasteiger partial charge is 0.404 e. The number of alkyl halides is 2. The van der Waals surface area contributed by atoms with Gasteiger partial charge in [0, 0.05) is 0 Å². The zero-order chi connectivity index (χ0) is 17.3. The van der Waals surface area contributed by atoms with E-state index in [1.807, 2.05) is 0 Å². The Labute approximate surface area is 120 Å². The van der Waals surface area contributed by atoms with Crippen LogP contribution in [0.2, 0.25) is 0 Å². The van der Waals surface area contributed by atoms with Crippen LogP contribution in [0.3, 0.4) is 0 Å². The van der Waals surface area contributed by atoms with Crippen molar-refractivity contribution in [2.24, 2.45) is 0 Å². The van der Waals surface area contributed by atoms with Gasteiger partial charge in [0.05, 0.1) is 13.2 Å². The van der Waals surface area contributed by atoms with Crippen molar-refractivity contribution in [3.63, 3.8) is 0 Å². The van der Waals surface area contributed by atoms with Gasteiger partial charge in [0.25, 0.3) is 0 Å². The van der Waals surface area contributed by atoms with Gasteiger partial charge < -0.3 is 9.05 Å². The summed E-state index contributed by atoms with van der Waals surface area (Å²) in [7, 11) is -5.52. The van der Waals surface area contributed by atoms with E-state index in [1.54, 1.807) is 0 Å². The highest BCUT2D eigenvalue weighted by molar-refractivity contribution is 7.54. The lowest BCUT2D eigenvalue weighted by atomic mass is 10.1. The first-order chi connectivity index (χ1) is 10.0. The molecule has 1 aromatic carbocycles. The number of rotatable bonds is 6. The summed E-state index contributed by atoms with van der Waals surface area (Å²) in [5.74, 6) is -13.4. The van der Waals surface area contributed by atoms with E-state index in [-0.39, 0.29) is 0 Å². The van der Waals surface area contributed by atoms with Crippen molar-refractivity contribution in [2.45, 2.75) is 19.5 Å². The summed E-state index contributed by atoms with van der Waals surface area (Å²) in [6, 6.07) is 0. The Balaban J connectivity index is 3.68. The minimum atomic E-state index is -5.52. The summed E-state index contributed by atoms with van der Waals surface area (Å²) >= 11 is 0. The number of benzene rings is 1. The van der Waals surface area contributed by atoms with Crippen molar-refractivity contribution in [3.8, 4) is 0 Å². The van der Waals surface area contributed by atoms with Gasteiger partial charge in [0.2, 0.25) is 5.82 Å². The SMILES string of the molecule is CCOP(=O)(OCC)C(F)(F)c1c(F)c(F)c(F)c(F)c1F. The van der Waals surface area contributed by atoms with E-state index in [1.165, 1.54) is 0 Å². The van der Waals surface area contributed by atoms with Crippen molar-refractivity contribution in [2.75, 3.05) is 13.2 Å². The molecule has 3 nitrogen and oxygen atoms in total. The van der Waals surface area contributed by atoms with Crippen molar-refractivity contribution in [1.29, 1.82) is 0 Å². The number of hydrogen-bond donors (Lipinski definition) is 0. The molecule has 0 spiro atoms. The highest BCUT2D eigenvalue weighted by atomic mass is 31.2. The molecule has 0 aromatic heterocycles. The minimum absolute atomic E-state index is 0.609. The van der Waals surface area contributed by atoms with E-state index in [9.17, 15) is 35.3 Å². The number of hydrogen-bond acceptors (Lipinski definition) is 3. The molecule has 0 saturated carbocycles. The molecule has 0 aliphatic rings. The van der Waals surface area contributed by atoms with E-state index in [4.69, 9.17) is 0 Å². The van der Waals surface area contributed by atoms with Gasteiger partial charge in [-0.25, -0.2) is 22.0 Å². The van der Waals surface area contributed by atoms with Crippen LogP contribution in [0.25, 0.3) is 0 Å². The van der Waals surface area contributed by atoms with Crippen LogP contribution >= 0.6 is 7.60 Å². The van der Waals surface area contributed by atoms with Crippen LogP contribution in [0.5, 0.6) is 0 Å². The normalized spacial score (nSPS) is 12.8. The maximum Gasteiger partial charge on any atom is 0.404 e. The highest BCUT2D eigenvalue weighted by Gasteiger charge is 2.59. The lowest BCUT2D eigenvalue weighted by Gasteiger charge is -2.26. The Morgan fingerprint density at radius 2 is 1.14 bits per heavy atom. The molecule has 0 saturated heterocycles. The third-order valence-electron chi connectivity index (χ3n) is 2.45. The predicted molar refractivity (Wildman–Crippen MR) is 61.0 cm³/mol. The van der Waals surface area contributed by atoms with E-state index >= 15 is 0 Å². The lowest BCUT2D eigenvalue weighted by molar-refractivity contribution is 0.0280. The fourth-order valence-corrected chi connectivity index (χ4v) is 3.09. The van der Waals surface area contributed by atoms with Crippen LogP contribution in [-0.4, -0.2) is 13.2 Å². The second-order valence-electron chi connectivity index (χ2n) is 3.82. The molecule has 0 radical (unpaired) electrons. The zero-order valence-electron chi connectivity index (χ0n) is 11.2. The molecule has 0 atom stereocenters. The molecule has 0 heterocycles. The van der Waals surface area contributed by atoms with Gasteiger partial charge in [-0.15, -0.1) is 0 Å². The van der Waals surface area contributed by atoms with Gasteiger partial charge in [0.15, 0.2) is 23.3 Å². The van der Waals surface area contributed by atoms with Crippen molar-refractivity contribution in [1.82, 2.24) is 0 Å². The van der Waals surface area contributed by atoms with Gasteiger partial charge in [-0.1, -0.05) is 0 Å². The Kier molecular flexibility index (Phi) is 5.64. The highest BCUT2D eigenvalue weighted by Crippen LogP contribution is 2.67. The standard InChI is InChI=1S/C11H10F7O3P/c1-3-20-22(19,21-4-2)11(17,18)5-6(12)8(14)10(16)9(15)7(5)13/h3-4H2,1-2H3. The van der Waals surface area contributed by atoms with E-state index in [0.29, 0.717) is 0 Å². The maximum atomic E-state index is 14.1.